The van der Waals surface area contributed by atoms with Crippen molar-refractivity contribution >= 4 is 33.1 Å². The molecule has 2 aliphatic rings. The molecular weight excluding hydrogens is 462 g/mol. The number of sulfone groups is 1. The zero-order valence-corrected chi connectivity index (χ0v) is 20.0. The van der Waals surface area contributed by atoms with E-state index in [1.165, 1.54) is 0 Å². The van der Waals surface area contributed by atoms with E-state index in [0.717, 1.165) is 32.1 Å². The van der Waals surface area contributed by atoms with E-state index < -0.39 is 9.84 Å². The molecule has 0 aromatic heterocycles. The molecule has 4 rings (SSSR count). The van der Waals surface area contributed by atoms with Crippen molar-refractivity contribution in [2.75, 3.05) is 18.1 Å². The highest BCUT2D eigenvalue weighted by molar-refractivity contribution is 7.91. The van der Waals surface area contributed by atoms with E-state index in [1.54, 1.807) is 53.4 Å². The van der Waals surface area contributed by atoms with Crippen LogP contribution in [0.3, 0.4) is 0 Å². The molecule has 1 amide bonds. The van der Waals surface area contributed by atoms with Crippen molar-refractivity contribution in [2.45, 2.75) is 50.6 Å². The second kappa shape index (κ2) is 10.3. The summed E-state index contributed by atoms with van der Waals surface area (Å²) < 4.78 is 29.8. The number of nitrogens with zero attached hydrogens (tertiary/aromatic N) is 1. The third kappa shape index (κ3) is 5.95. The van der Waals surface area contributed by atoms with Gasteiger partial charge >= 0.3 is 0 Å². The van der Waals surface area contributed by atoms with Gasteiger partial charge in [-0.1, -0.05) is 30.9 Å². The van der Waals surface area contributed by atoms with E-state index in [4.69, 9.17) is 16.3 Å². The Hall–Kier alpha value is -2.38. The monoisotopic (exact) mass is 489 g/mol. The first-order valence-corrected chi connectivity index (χ1v) is 13.6. The molecule has 0 bridgehead atoms. The van der Waals surface area contributed by atoms with Crippen LogP contribution in [0.4, 0.5) is 0 Å². The van der Waals surface area contributed by atoms with Crippen molar-refractivity contribution in [3.05, 3.63) is 64.7 Å². The number of hydrogen-bond acceptors (Lipinski definition) is 5. The van der Waals surface area contributed by atoms with Gasteiger partial charge in [0.05, 0.1) is 11.5 Å². The molecular formula is C25H28ClNO5S. The van der Waals surface area contributed by atoms with Crippen LogP contribution in [0.5, 0.6) is 5.75 Å². The van der Waals surface area contributed by atoms with Crippen LogP contribution in [0.2, 0.25) is 5.02 Å². The minimum Gasteiger partial charge on any atom is -0.484 e. The summed E-state index contributed by atoms with van der Waals surface area (Å²) in [5, 5.41) is 0.567. The normalized spacial score (nSPS) is 20.3. The Morgan fingerprint density at radius 1 is 0.879 bits per heavy atom. The van der Waals surface area contributed by atoms with Crippen molar-refractivity contribution < 1.29 is 22.7 Å². The molecule has 1 saturated carbocycles. The minimum atomic E-state index is -3.09. The highest BCUT2D eigenvalue weighted by atomic mass is 35.5. The maximum atomic E-state index is 13.1. The van der Waals surface area contributed by atoms with Crippen molar-refractivity contribution in [3.63, 3.8) is 0 Å². The molecule has 0 radical (unpaired) electrons. The molecule has 1 aliphatic carbocycles. The molecule has 0 N–H and O–H groups in total. The van der Waals surface area contributed by atoms with Gasteiger partial charge in [0, 0.05) is 28.2 Å². The summed E-state index contributed by atoms with van der Waals surface area (Å²) in [7, 11) is -3.09. The smallest absolute Gasteiger partial charge is 0.261 e. The molecule has 1 aliphatic heterocycles. The number of halogens is 1. The molecule has 2 aromatic rings. The van der Waals surface area contributed by atoms with Crippen LogP contribution in [-0.2, 0) is 14.6 Å². The minimum absolute atomic E-state index is 0.0384. The van der Waals surface area contributed by atoms with E-state index in [1.807, 2.05) is 0 Å². The average molecular weight is 490 g/mol. The average Bonchev–Trinajstić information content (AvgIpc) is 3.18. The fraction of sp³-hybridized carbons (Fsp3) is 0.440. The lowest BCUT2D eigenvalue weighted by atomic mass is 9.93. The van der Waals surface area contributed by atoms with Crippen LogP contribution in [0.25, 0.3) is 0 Å². The summed E-state index contributed by atoms with van der Waals surface area (Å²) in [5.41, 5.74) is 1.05. The molecule has 2 fully saturated rings. The second-order valence-corrected chi connectivity index (χ2v) is 11.5. The summed E-state index contributed by atoms with van der Waals surface area (Å²) in [5.74, 6) is 0.360. The Bertz CT molecular complexity index is 1090. The Morgan fingerprint density at radius 3 is 2.06 bits per heavy atom. The molecule has 176 valence electrons. The third-order valence-electron chi connectivity index (χ3n) is 6.44. The quantitative estimate of drug-likeness (QED) is 0.542. The van der Waals surface area contributed by atoms with Crippen molar-refractivity contribution in [3.8, 4) is 5.75 Å². The van der Waals surface area contributed by atoms with Crippen molar-refractivity contribution in [2.24, 2.45) is 0 Å². The van der Waals surface area contributed by atoms with Crippen molar-refractivity contribution in [1.29, 1.82) is 0 Å². The fourth-order valence-electron chi connectivity index (χ4n) is 4.75. The fourth-order valence-corrected chi connectivity index (χ4v) is 6.59. The highest BCUT2D eigenvalue weighted by Gasteiger charge is 2.38. The first-order valence-electron chi connectivity index (χ1n) is 11.4. The van der Waals surface area contributed by atoms with Crippen LogP contribution in [0.1, 0.15) is 54.4 Å². The molecule has 2 aromatic carbocycles. The number of hydrogen-bond donors (Lipinski definition) is 0. The van der Waals surface area contributed by atoms with E-state index in [9.17, 15) is 18.0 Å². The molecule has 8 heteroatoms. The van der Waals surface area contributed by atoms with E-state index >= 15 is 0 Å². The number of ether oxygens (including phenoxy) is 1. The molecule has 1 saturated heterocycles. The molecule has 1 atom stereocenters. The first-order chi connectivity index (χ1) is 15.8. The summed E-state index contributed by atoms with van der Waals surface area (Å²) in [6.07, 6.45) is 5.56. The topological polar surface area (TPSA) is 80.8 Å². The second-order valence-electron chi connectivity index (χ2n) is 8.80. The number of rotatable bonds is 7. The molecule has 1 unspecified atom stereocenters. The predicted octanol–water partition coefficient (Wildman–Crippen LogP) is 4.30. The van der Waals surface area contributed by atoms with Crippen LogP contribution in [-0.4, -0.2) is 55.2 Å². The number of amides is 1. The van der Waals surface area contributed by atoms with Crippen LogP contribution < -0.4 is 4.74 Å². The maximum Gasteiger partial charge on any atom is 0.261 e. The number of carbonyl (C=O) groups is 2. The van der Waals surface area contributed by atoms with Gasteiger partial charge in [-0.25, -0.2) is 8.42 Å². The Balaban J connectivity index is 1.40. The zero-order valence-electron chi connectivity index (χ0n) is 18.4. The number of benzene rings is 2. The van der Waals surface area contributed by atoms with E-state index in [0.29, 0.717) is 28.3 Å². The largest absolute Gasteiger partial charge is 0.484 e. The third-order valence-corrected chi connectivity index (χ3v) is 8.45. The maximum absolute atomic E-state index is 13.1. The van der Waals surface area contributed by atoms with Crippen LogP contribution in [0.15, 0.2) is 48.5 Å². The number of carbonyl (C=O) groups excluding carboxylic acids is 2. The van der Waals surface area contributed by atoms with E-state index in [2.05, 4.69) is 0 Å². The van der Waals surface area contributed by atoms with Gasteiger partial charge in [-0.05, 0) is 67.8 Å². The van der Waals surface area contributed by atoms with E-state index in [-0.39, 0.29) is 41.9 Å². The van der Waals surface area contributed by atoms with Gasteiger partial charge in [0.25, 0.3) is 5.91 Å². The summed E-state index contributed by atoms with van der Waals surface area (Å²) in [4.78, 5) is 27.5. The lowest BCUT2D eigenvalue weighted by molar-refractivity contribution is -0.138. The van der Waals surface area contributed by atoms with Gasteiger partial charge in [0.2, 0.25) is 0 Å². The predicted molar refractivity (Wildman–Crippen MR) is 128 cm³/mol. The molecule has 1 heterocycles. The Labute approximate surface area is 199 Å². The molecule has 6 nitrogen and oxygen atoms in total. The van der Waals surface area contributed by atoms with Crippen molar-refractivity contribution in [1.82, 2.24) is 4.90 Å². The highest BCUT2D eigenvalue weighted by Crippen LogP contribution is 2.28. The summed E-state index contributed by atoms with van der Waals surface area (Å²) in [6, 6.07) is 13.2. The van der Waals surface area contributed by atoms with Gasteiger partial charge < -0.3 is 9.64 Å². The van der Waals surface area contributed by atoms with Crippen LogP contribution >= 0.6 is 11.6 Å². The van der Waals surface area contributed by atoms with Gasteiger partial charge in [0.1, 0.15) is 5.75 Å². The number of ketones is 1. The van der Waals surface area contributed by atoms with Crippen LogP contribution in [0, 0.1) is 0 Å². The van der Waals surface area contributed by atoms with Gasteiger partial charge in [0.15, 0.2) is 22.2 Å². The van der Waals surface area contributed by atoms with Gasteiger partial charge in [-0.15, -0.1) is 0 Å². The molecule has 0 spiro atoms. The Morgan fingerprint density at radius 2 is 1.48 bits per heavy atom. The van der Waals surface area contributed by atoms with Gasteiger partial charge in [-0.3, -0.25) is 9.59 Å². The lowest BCUT2D eigenvalue weighted by Crippen LogP contribution is -2.50. The summed E-state index contributed by atoms with van der Waals surface area (Å²) >= 11 is 5.88. The first kappa shape index (κ1) is 23.8. The Kier molecular flexibility index (Phi) is 7.39. The zero-order chi connectivity index (χ0) is 23.4. The lowest BCUT2D eigenvalue weighted by Gasteiger charge is -2.38. The standard InChI is InChI=1S/C25H28ClNO5S/c26-20-10-6-18(7-11-20)25(29)19-8-12-23(13-9-19)32-16-24(28)27(21-4-2-1-3-5-21)22-14-15-33(30,31)17-22/h6-13,21-22H,1-5,14-17H2. The van der Waals surface area contributed by atoms with Gasteiger partial charge in [-0.2, -0.15) is 0 Å². The molecule has 33 heavy (non-hydrogen) atoms. The summed E-state index contributed by atoms with van der Waals surface area (Å²) in [6.45, 7) is -0.155. The SMILES string of the molecule is O=C(c1ccc(Cl)cc1)c1ccc(OCC(=O)N(C2CCCCC2)C2CCS(=O)(=O)C2)cc1.